The summed E-state index contributed by atoms with van der Waals surface area (Å²) in [5, 5.41) is 2.86. The molecule has 0 aliphatic heterocycles. The van der Waals surface area contributed by atoms with Gasteiger partial charge in [0.05, 0.1) is 5.56 Å². The molecular formula is C17H19FN2O. The molecule has 0 fully saturated rings. The largest absolute Gasteiger partial charge is 0.347 e. The molecule has 0 unspecified atom stereocenters. The van der Waals surface area contributed by atoms with Crippen LogP contribution >= 0.6 is 0 Å². The molecule has 0 radical (unpaired) electrons. The van der Waals surface area contributed by atoms with Gasteiger partial charge in [0.1, 0.15) is 0 Å². The zero-order valence-electron chi connectivity index (χ0n) is 12.3. The smallest absolute Gasteiger partial charge is 0.256 e. The summed E-state index contributed by atoms with van der Waals surface area (Å²) >= 11 is 0. The Morgan fingerprint density at radius 1 is 1.19 bits per heavy atom. The first-order valence-electron chi connectivity index (χ1n) is 6.95. The predicted octanol–water partition coefficient (Wildman–Crippen LogP) is 3.36. The number of benzene rings is 1. The maximum absolute atomic E-state index is 13.5. The van der Waals surface area contributed by atoms with Crippen LogP contribution in [0.25, 0.3) is 0 Å². The molecular weight excluding hydrogens is 267 g/mol. The first kappa shape index (κ1) is 15.2. The van der Waals surface area contributed by atoms with Crippen molar-refractivity contribution < 1.29 is 9.18 Å². The number of nitrogens with zero attached hydrogens (tertiary/aromatic N) is 1. The highest BCUT2D eigenvalue weighted by Gasteiger charge is 2.22. The van der Waals surface area contributed by atoms with E-state index < -0.39 is 17.4 Å². The number of amides is 1. The third kappa shape index (κ3) is 4.38. The van der Waals surface area contributed by atoms with E-state index in [1.165, 1.54) is 17.8 Å². The standard InChI is InChI=1S/C17H19FN2O/c1-17(2,11-10-13-7-4-3-5-8-13)20-16(21)14-9-6-12-19-15(14)18/h3-9,12H,10-11H2,1-2H3,(H,20,21). The van der Waals surface area contributed by atoms with Crippen molar-refractivity contribution >= 4 is 5.91 Å². The quantitative estimate of drug-likeness (QED) is 0.856. The molecule has 0 aliphatic carbocycles. The molecule has 1 N–H and O–H groups in total. The molecule has 1 heterocycles. The number of carbonyl (C=O) groups is 1. The molecule has 110 valence electrons. The fraction of sp³-hybridized carbons (Fsp3) is 0.294. The third-order valence-corrected chi connectivity index (χ3v) is 3.34. The Morgan fingerprint density at radius 2 is 1.90 bits per heavy atom. The molecule has 0 saturated carbocycles. The maximum Gasteiger partial charge on any atom is 0.256 e. The highest BCUT2D eigenvalue weighted by Crippen LogP contribution is 2.15. The predicted molar refractivity (Wildman–Crippen MR) is 80.5 cm³/mol. The zero-order chi connectivity index (χ0) is 15.3. The molecule has 0 atom stereocenters. The van der Waals surface area contributed by atoms with E-state index in [4.69, 9.17) is 0 Å². The number of carbonyl (C=O) groups excluding carboxylic acids is 1. The van der Waals surface area contributed by atoms with E-state index in [0.29, 0.717) is 0 Å². The van der Waals surface area contributed by atoms with Crippen molar-refractivity contribution in [2.75, 3.05) is 0 Å². The van der Waals surface area contributed by atoms with Crippen molar-refractivity contribution in [3.05, 3.63) is 65.7 Å². The van der Waals surface area contributed by atoms with Crippen LogP contribution in [0.15, 0.2) is 48.7 Å². The van der Waals surface area contributed by atoms with E-state index >= 15 is 0 Å². The van der Waals surface area contributed by atoms with Gasteiger partial charge in [-0.05, 0) is 44.4 Å². The average Bonchev–Trinajstić information content (AvgIpc) is 2.46. The zero-order valence-corrected chi connectivity index (χ0v) is 12.3. The van der Waals surface area contributed by atoms with Crippen LogP contribution in [0.1, 0.15) is 36.2 Å². The minimum absolute atomic E-state index is 0.0229. The number of rotatable bonds is 5. The first-order valence-corrected chi connectivity index (χ1v) is 6.95. The molecule has 1 amide bonds. The highest BCUT2D eigenvalue weighted by atomic mass is 19.1. The molecule has 3 nitrogen and oxygen atoms in total. The van der Waals surface area contributed by atoms with Crippen LogP contribution in [0.3, 0.4) is 0 Å². The fourth-order valence-electron chi connectivity index (χ4n) is 2.09. The number of hydrogen-bond acceptors (Lipinski definition) is 2. The van der Waals surface area contributed by atoms with Crippen molar-refractivity contribution in [1.82, 2.24) is 10.3 Å². The van der Waals surface area contributed by atoms with Gasteiger partial charge in [0.2, 0.25) is 5.95 Å². The summed E-state index contributed by atoms with van der Waals surface area (Å²) in [6.07, 6.45) is 2.95. The summed E-state index contributed by atoms with van der Waals surface area (Å²) in [6.45, 7) is 3.87. The lowest BCUT2D eigenvalue weighted by Gasteiger charge is -2.26. The molecule has 1 aromatic carbocycles. The molecule has 4 heteroatoms. The summed E-state index contributed by atoms with van der Waals surface area (Å²) < 4.78 is 13.5. The van der Waals surface area contributed by atoms with Crippen LogP contribution in [-0.2, 0) is 6.42 Å². The van der Waals surface area contributed by atoms with Gasteiger partial charge >= 0.3 is 0 Å². The Labute approximate surface area is 124 Å². The van der Waals surface area contributed by atoms with Gasteiger partial charge in [-0.1, -0.05) is 30.3 Å². The van der Waals surface area contributed by atoms with Gasteiger partial charge < -0.3 is 5.32 Å². The molecule has 2 rings (SSSR count). The van der Waals surface area contributed by atoms with Gasteiger partial charge in [-0.25, -0.2) is 4.98 Å². The van der Waals surface area contributed by atoms with Crippen LogP contribution in [0.2, 0.25) is 0 Å². The number of halogens is 1. The van der Waals surface area contributed by atoms with Gasteiger partial charge in [-0.15, -0.1) is 0 Å². The second-order valence-corrected chi connectivity index (χ2v) is 5.67. The number of pyridine rings is 1. The lowest BCUT2D eigenvalue weighted by molar-refractivity contribution is 0.0904. The van der Waals surface area contributed by atoms with E-state index in [2.05, 4.69) is 22.4 Å². The Morgan fingerprint density at radius 3 is 2.57 bits per heavy atom. The van der Waals surface area contributed by atoms with Crippen LogP contribution in [-0.4, -0.2) is 16.4 Å². The molecule has 0 aliphatic rings. The number of hydrogen-bond donors (Lipinski definition) is 1. The van der Waals surface area contributed by atoms with Gasteiger partial charge in [-0.3, -0.25) is 4.79 Å². The van der Waals surface area contributed by atoms with Gasteiger partial charge in [0, 0.05) is 11.7 Å². The van der Waals surface area contributed by atoms with E-state index in [-0.39, 0.29) is 5.56 Å². The number of aromatic nitrogens is 1. The van der Waals surface area contributed by atoms with Gasteiger partial charge in [0.25, 0.3) is 5.91 Å². The number of aryl methyl sites for hydroxylation is 1. The summed E-state index contributed by atoms with van der Waals surface area (Å²) in [7, 11) is 0. The fourth-order valence-corrected chi connectivity index (χ4v) is 2.09. The van der Waals surface area contributed by atoms with Crippen molar-refractivity contribution in [2.45, 2.75) is 32.2 Å². The monoisotopic (exact) mass is 286 g/mol. The van der Waals surface area contributed by atoms with Crippen molar-refractivity contribution in [2.24, 2.45) is 0 Å². The Bertz CT molecular complexity index is 611. The van der Waals surface area contributed by atoms with E-state index in [0.717, 1.165) is 12.8 Å². The van der Waals surface area contributed by atoms with Crippen molar-refractivity contribution in [1.29, 1.82) is 0 Å². The molecule has 0 bridgehead atoms. The topological polar surface area (TPSA) is 42.0 Å². The summed E-state index contributed by atoms with van der Waals surface area (Å²) in [6, 6.07) is 13.1. The molecule has 0 spiro atoms. The molecule has 1 aromatic heterocycles. The molecule has 21 heavy (non-hydrogen) atoms. The van der Waals surface area contributed by atoms with Gasteiger partial charge in [0.15, 0.2) is 0 Å². The minimum Gasteiger partial charge on any atom is -0.347 e. The van der Waals surface area contributed by atoms with E-state index in [1.807, 2.05) is 32.0 Å². The van der Waals surface area contributed by atoms with Crippen LogP contribution in [0.5, 0.6) is 0 Å². The van der Waals surface area contributed by atoms with Crippen molar-refractivity contribution in [3.8, 4) is 0 Å². The Hall–Kier alpha value is -2.23. The summed E-state index contributed by atoms with van der Waals surface area (Å²) in [5.74, 6) is -1.17. The second-order valence-electron chi connectivity index (χ2n) is 5.67. The lowest BCUT2D eigenvalue weighted by Crippen LogP contribution is -2.44. The lowest BCUT2D eigenvalue weighted by atomic mass is 9.95. The first-order chi connectivity index (χ1) is 9.98. The summed E-state index contributed by atoms with van der Waals surface area (Å²) in [4.78, 5) is 15.6. The Kier molecular flexibility index (Phi) is 4.68. The summed E-state index contributed by atoms with van der Waals surface area (Å²) in [5.41, 5.74) is 0.771. The molecule has 2 aromatic rings. The normalized spacial score (nSPS) is 11.2. The Balaban J connectivity index is 1.97. The van der Waals surface area contributed by atoms with Crippen LogP contribution in [0, 0.1) is 5.95 Å². The van der Waals surface area contributed by atoms with Gasteiger partial charge in [-0.2, -0.15) is 4.39 Å². The second kappa shape index (κ2) is 6.48. The van der Waals surface area contributed by atoms with Crippen LogP contribution in [0.4, 0.5) is 4.39 Å². The van der Waals surface area contributed by atoms with E-state index in [9.17, 15) is 9.18 Å². The van der Waals surface area contributed by atoms with E-state index in [1.54, 1.807) is 6.07 Å². The van der Waals surface area contributed by atoms with Crippen LogP contribution < -0.4 is 5.32 Å². The minimum atomic E-state index is -0.742. The molecule has 0 saturated heterocycles. The van der Waals surface area contributed by atoms with Crippen molar-refractivity contribution in [3.63, 3.8) is 0 Å². The highest BCUT2D eigenvalue weighted by molar-refractivity contribution is 5.94. The third-order valence-electron chi connectivity index (χ3n) is 3.34. The maximum atomic E-state index is 13.5. The average molecular weight is 286 g/mol. The number of nitrogens with one attached hydrogen (secondary N) is 1. The SMILES string of the molecule is CC(C)(CCc1ccccc1)NC(=O)c1cccnc1F.